The van der Waals surface area contributed by atoms with Crippen molar-refractivity contribution in [1.82, 2.24) is 10.3 Å². The van der Waals surface area contributed by atoms with Gasteiger partial charge in [0, 0.05) is 22.7 Å². The van der Waals surface area contributed by atoms with Gasteiger partial charge in [0.25, 0.3) is 0 Å². The topological polar surface area (TPSA) is 38.1 Å². The molecule has 0 aliphatic heterocycles. The number of oxazole rings is 1. The molecule has 0 aliphatic carbocycles. The lowest BCUT2D eigenvalue weighted by molar-refractivity contribution is 0.421. The average Bonchev–Trinajstić information content (AvgIpc) is 2.75. The second-order valence-electron chi connectivity index (χ2n) is 5.24. The molecule has 1 heterocycles. The van der Waals surface area contributed by atoms with Gasteiger partial charge in [0.15, 0.2) is 12.2 Å². The van der Waals surface area contributed by atoms with Gasteiger partial charge < -0.3 is 9.73 Å². The molecule has 0 saturated heterocycles. The quantitative estimate of drug-likeness (QED) is 0.914. The largest absolute Gasteiger partial charge is 0.443 e. The maximum atomic E-state index is 5.88. The number of rotatable bonds is 3. The Balaban J connectivity index is 2.20. The Morgan fingerprint density at radius 1 is 1.22 bits per heavy atom. The van der Waals surface area contributed by atoms with E-state index in [-0.39, 0.29) is 5.54 Å². The van der Waals surface area contributed by atoms with Crippen LogP contribution in [0.4, 0.5) is 0 Å². The van der Waals surface area contributed by atoms with Gasteiger partial charge in [-0.2, -0.15) is 0 Å². The first-order chi connectivity index (χ1) is 8.46. The van der Waals surface area contributed by atoms with Gasteiger partial charge in [0.2, 0.25) is 0 Å². The summed E-state index contributed by atoms with van der Waals surface area (Å²) in [6.45, 7) is 7.04. The van der Waals surface area contributed by atoms with E-state index in [9.17, 15) is 0 Å². The van der Waals surface area contributed by atoms with Gasteiger partial charge in [-0.25, -0.2) is 4.98 Å². The molecule has 0 spiro atoms. The van der Waals surface area contributed by atoms with Crippen LogP contribution >= 0.6 is 11.6 Å². The van der Waals surface area contributed by atoms with Crippen molar-refractivity contribution in [3.8, 4) is 11.3 Å². The van der Waals surface area contributed by atoms with Gasteiger partial charge in [-0.05, 0) is 45.0 Å². The fourth-order valence-corrected chi connectivity index (χ4v) is 1.71. The van der Waals surface area contributed by atoms with E-state index < -0.39 is 0 Å². The van der Waals surface area contributed by atoms with Crippen LogP contribution in [0.15, 0.2) is 35.1 Å². The summed E-state index contributed by atoms with van der Waals surface area (Å²) in [6, 6.07) is 7.56. The summed E-state index contributed by atoms with van der Waals surface area (Å²) in [5.41, 5.74) is 1.95. The molecular weight excluding hydrogens is 248 g/mol. The van der Waals surface area contributed by atoms with Crippen molar-refractivity contribution < 1.29 is 4.42 Å². The van der Waals surface area contributed by atoms with Crippen molar-refractivity contribution >= 4 is 11.6 Å². The maximum absolute atomic E-state index is 5.88. The molecule has 96 valence electrons. The van der Waals surface area contributed by atoms with Crippen molar-refractivity contribution in [2.24, 2.45) is 0 Å². The lowest BCUT2D eigenvalue weighted by atomic mass is 10.1. The smallest absolute Gasteiger partial charge is 0.181 e. The summed E-state index contributed by atoms with van der Waals surface area (Å²) in [6.07, 6.45) is 1.48. The molecule has 0 radical (unpaired) electrons. The van der Waals surface area contributed by atoms with Gasteiger partial charge in [0.1, 0.15) is 5.69 Å². The summed E-state index contributed by atoms with van der Waals surface area (Å²) < 4.78 is 5.46. The second-order valence-corrected chi connectivity index (χ2v) is 5.68. The summed E-state index contributed by atoms with van der Waals surface area (Å²) in [5.74, 6) is 0.795. The van der Waals surface area contributed by atoms with Gasteiger partial charge in [-0.3, -0.25) is 0 Å². The lowest BCUT2D eigenvalue weighted by Gasteiger charge is -2.19. The first-order valence-electron chi connectivity index (χ1n) is 5.89. The maximum Gasteiger partial charge on any atom is 0.181 e. The molecule has 0 amide bonds. The predicted molar refractivity (Wildman–Crippen MR) is 73.5 cm³/mol. The fourth-order valence-electron chi connectivity index (χ4n) is 1.58. The summed E-state index contributed by atoms with van der Waals surface area (Å²) >= 11 is 5.88. The summed E-state index contributed by atoms with van der Waals surface area (Å²) in [5, 5.41) is 4.11. The molecule has 0 fully saturated rings. The number of halogens is 1. The van der Waals surface area contributed by atoms with Crippen molar-refractivity contribution in [1.29, 1.82) is 0 Å². The minimum absolute atomic E-state index is 0.0518. The molecule has 0 atom stereocenters. The molecule has 0 bridgehead atoms. The number of nitrogens with one attached hydrogen (secondary N) is 1. The van der Waals surface area contributed by atoms with Crippen molar-refractivity contribution in [3.05, 3.63) is 41.4 Å². The van der Waals surface area contributed by atoms with E-state index in [2.05, 4.69) is 31.1 Å². The van der Waals surface area contributed by atoms with Gasteiger partial charge in [-0.15, -0.1) is 0 Å². The van der Waals surface area contributed by atoms with Crippen LogP contribution in [-0.2, 0) is 6.54 Å². The second kappa shape index (κ2) is 5.12. The highest BCUT2D eigenvalue weighted by molar-refractivity contribution is 6.30. The standard InChI is InChI=1S/C14H17ClN2O/c1-14(2,3)17-8-12-13(18-9-16-12)10-4-6-11(15)7-5-10/h4-7,9,17H,8H2,1-3H3. The molecule has 4 heteroatoms. The Labute approximate surface area is 112 Å². The molecule has 2 aromatic rings. The molecule has 0 aliphatic rings. The SMILES string of the molecule is CC(C)(C)NCc1ncoc1-c1ccc(Cl)cc1. The van der Waals surface area contributed by atoms with E-state index in [1.54, 1.807) is 0 Å². The van der Waals surface area contributed by atoms with Crippen LogP contribution in [0.25, 0.3) is 11.3 Å². The molecular formula is C14H17ClN2O. The molecule has 1 aromatic heterocycles. The van der Waals surface area contributed by atoms with Crippen LogP contribution in [0.5, 0.6) is 0 Å². The molecule has 3 nitrogen and oxygen atoms in total. The highest BCUT2D eigenvalue weighted by atomic mass is 35.5. The van der Waals surface area contributed by atoms with Crippen molar-refractivity contribution in [3.63, 3.8) is 0 Å². The van der Waals surface area contributed by atoms with Crippen molar-refractivity contribution in [2.75, 3.05) is 0 Å². The molecule has 0 unspecified atom stereocenters. The van der Waals surface area contributed by atoms with E-state index in [0.29, 0.717) is 11.6 Å². The molecule has 1 N–H and O–H groups in total. The predicted octanol–water partition coefficient (Wildman–Crippen LogP) is 3.88. The number of nitrogens with zero attached hydrogens (tertiary/aromatic N) is 1. The molecule has 18 heavy (non-hydrogen) atoms. The number of hydrogen-bond acceptors (Lipinski definition) is 3. The Morgan fingerprint density at radius 3 is 2.50 bits per heavy atom. The highest BCUT2D eigenvalue weighted by Crippen LogP contribution is 2.24. The van der Waals surface area contributed by atoms with Gasteiger partial charge in [-0.1, -0.05) is 11.6 Å². The van der Waals surface area contributed by atoms with Gasteiger partial charge in [0.05, 0.1) is 0 Å². The number of aromatic nitrogens is 1. The third-order valence-electron chi connectivity index (χ3n) is 2.53. The number of benzene rings is 1. The Morgan fingerprint density at radius 2 is 1.89 bits per heavy atom. The molecule has 2 rings (SSSR count). The lowest BCUT2D eigenvalue weighted by Crippen LogP contribution is -2.35. The zero-order valence-corrected chi connectivity index (χ0v) is 11.6. The first kappa shape index (κ1) is 13.1. The summed E-state index contributed by atoms with van der Waals surface area (Å²) in [7, 11) is 0. The van der Waals surface area contributed by atoms with Crippen LogP contribution in [0, 0.1) is 0 Å². The normalized spacial score (nSPS) is 11.8. The molecule has 1 aromatic carbocycles. The van der Waals surface area contributed by atoms with E-state index in [0.717, 1.165) is 17.0 Å². The van der Waals surface area contributed by atoms with Crippen LogP contribution in [0.1, 0.15) is 26.5 Å². The third kappa shape index (κ3) is 3.34. The minimum Gasteiger partial charge on any atom is -0.443 e. The van der Waals surface area contributed by atoms with Crippen molar-refractivity contribution in [2.45, 2.75) is 32.9 Å². The summed E-state index contributed by atoms with van der Waals surface area (Å²) in [4.78, 5) is 4.26. The fraction of sp³-hybridized carbons (Fsp3) is 0.357. The zero-order chi connectivity index (χ0) is 13.2. The van der Waals surface area contributed by atoms with E-state index >= 15 is 0 Å². The molecule has 0 saturated carbocycles. The zero-order valence-electron chi connectivity index (χ0n) is 10.8. The van der Waals surface area contributed by atoms with E-state index in [1.807, 2.05) is 24.3 Å². The van der Waals surface area contributed by atoms with Crippen LogP contribution < -0.4 is 5.32 Å². The van der Waals surface area contributed by atoms with E-state index in [4.69, 9.17) is 16.0 Å². The Kier molecular flexibility index (Phi) is 3.73. The van der Waals surface area contributed by atoms with Gasteiger partial charge >= 0.3 is 0 Å². The third-order valence-corrected chi connectivity index (χ3v) is 2.79. The average molecular weight is 265 g/mol. The van der Waals surface area contributed by atoms with Crippen LogP contribution in [0.2, 0.25) is 5.02 Å². The van der Waals surface area contributed by atoms with E-state index in [1.165, 1.54) is 6.39 Å². The van der Waals surface area contributed by atoms with Crippen LogP contribution in [0.3, 0.4) is 0 Å². The van der Waals surface area contributed by atoms with Crippen LogP contribution in [-0.4, -0.2) is 10.5 Å². The first-order valence-corrected chi connectivity index (χ1v) is 6.27. The monoisotopic (exact) mass is 264 g/mol. The Hall–Kier alpha value is -1.32. The highest BCUT2D eigenvalue weighted by Gasteiger charge is 2.14. The Bertz CT molecular complexity index is 511. The minimum atomic E-state index is 0.0518. The number of hydrogen-bond donors (Lipinski definition) is 1.